The van der Waals surface area contributed by atoms with Crippen LogP contribution in [0.1, 0.15) is 18.4 Å². The highest BCUT2D eigenvalue weighted by Gasteiger charge is 2.56. The van der Waals surface area contributed by atoms with Crippen LogP contribution in [0.25, 0.3) is 0 Å². The van der Waals surface area contributed by atoms with Crippen LogP contribution in [-0.2, 0) is 9.59 Å². The van der Waals surface area contributed by atoms with Crippen LogP contribution in [0, 0.1) is 24.0 Å². The number of rotatable bonds is 4. The van der Waals surface area contributed by atoms with Gasteiger partial charge in [-0.15, -0.1) is 0 Å². The number of halogens is 2. The smallest absolute Gasteiger partial charge is 0.240 e. The molecule has 0 aliphatic heterocycles. The Bertz CT molecular complexity index is 816. The third kappa shape index (κ3) is 3.13. The van der Waals surface area contributed by atoms with Gasteiger partial charge in [-0.2, -0.15) is 0 Å². The lowest BCUT2D eigenvalue weighted by Gasteiger charge is -2.16. The lowest BCUT2D eigenvalue weighted by molar-refractivity contribution is -0.131. The first-order chi connectivity index (χ1) is 11.4. The van der Waals surface area contributed by atoms with E-state index >= 15 is 0 Å². The molecular weight excluding hydrogens is 314 g/mol. The molecule has 0 heterocycles. The quantitative estimate of drug-likeness (QED) is 0.841. The van der Waals surface area contributed by atoms with Gasteiger partial charge in [-0.1, -0.05) is 12.1 Å². The van der Waals surface area contributed by atoms with Crippen molar-refractivity contribution in [2.24, 2.45) is 5.41 Å². The number of amides is 2. The first kappa shape index (κ1) is 16.1. The lowest BCUT2D eigenvalue weighted by atomic mass is 10.0. The van der Waals surface area contributed by atoms with Crippen molar-refractivity contribution in [3.63, 3.8) is 0 Å². The molecule has 1 saturated carbocycles. The van der Waals surface area contributed by atoms with E-state index in [1.165, 1.54) is 6.07 Å². The van der Waals surface area contributed by atoms with Crippen LogP contribution in [0.15, 0.2) is 42.5 Å². The number of anilines is 2. The number of carbonyl (C=O) groups is 2. The van der Waals surface area contributed by atoms with Gasteiger partial charge in [0, 0.05) is 17.4 Å². The van der Waals surface area contributed by atoms with Gasteiger partial charge in [-0.25, -0.2) is 8.78 Å². The monoisotopic (exact) mass is 330 g/mol. The first-order valence-corrected chi connectivity index (χ1v) is 7.55. The minimum atomic E-state index is -1.16. The Kier molecular flexibility index (Phi) is 4.05. The van der Waals surface area contributed by atoms with Gasteiger partial charge < -0.3 is 10.6 Å². The van der Waals surface area contributed by atoms with Gasteiger partial charge in [-0.05, 0) is 49.6 Å². The fourth-order valence-corrected chi connectivity index (χ4v) is 2.48. The van der Waals surface area contributed by atoms with E-state index in [0.29, 0.717) is 18.5 Å². The summed E-state index contributed by atoms with van der Waals surface area (Å²) in [6.45, 7) is 1.90. The SMILES string of the molecule is Cc1cccc(NC(=O)C2(C(=O)Nc3ccc(F)c(F)c3)CC2)c1. The second-order valence-electron chi connectivity index (χ2n) is 5.99. The van der Waals surface area contributed by atoms with E-state index in [-0.39, 0.29) is 5.69 Å². The molecule has 1 aliphatic rings. The molecule has 124 valence electrons. The maximum Gasteiger partial charge on any atom is 0.240 e. The second kappa shape index (κ2) is 6.03. The molecule has 0 aromatic heterocycles. The second-order valence-corrected chi connectivity index (χ2v) is 5.99. The predicted octanol–water partition coefficient (Wildman–Crippen LogP) is 3.63. The molecule has 0 unspecified atom stereocenters. The summed E-state index contributed by atoms with van der Waals surface area (Å²) in [5.74, 6) is -2.96. The minimum Gasteiger partial charge on any atom is -0.325 e. The number of hydrogen-bond donors (Lipinski definition) is 2. The van der Waals surface area contributed by atoms with E-state index < -0.39 is 28.9 Å². The largest absolute Gasteiger partial charge is 0.325 e. The molecule has 0 radical (unpaired) electrons. The van der Waals surface area contributed by atoms with Crippen molar-refractivity contribution < 1.29 is 18.4 Å². The summed E-state index contributed by atoms with van der Waals surface area (Å²) in [5, 5.41) is 5.22. The zero-order chi connectivity index (χ0) is 17.3. The van der Waals surface area contributed by atoms with Gasteiger partial charge in [0.1, 0.15) is 5.41 Å². The molecule has 3 rings (SSSR count). The van der Waals surface area contributed by atoms with E-state index in [1.54, 1.807) is 12.1 Å². The third-order valence-electron chi connectivity index (χ3n) is 4.07. The molecule has 2 aromatic rings. The van der Waals surface area contributed by atoms with E-state index in [2.05, 4.69) is 10.6 Å². The zero-order valence-corrected chi connectivity index (χ0v) is 13.0. The summed E-state index contributed by atoms with van der Waals surface area (Å²) < 4.78 is 26.2. The molecule has 0 saturated heterocycles. The Morgan fingerprint density at radius 1 is 0.917 bits per heavy atom. The molecule has 0 spiro atoms. The van der Waals surface area contributed by atoms with Crippen molar-refractivity contribution in [2.45, 2.75) is 19.8 Å². The third-order valence-corrected chi connectivity index (χ3v) is 4.07. The summed E-state index contributed by atoms with van der Waals surface area (Å²) in [6, 6.07) is 10.3. The predicted molar refractivity (Wildman–Crippen MR) is 86.5 cm³/mol. The Morgan fingerprint density at radius 3 is 2.08 bits per heavy atom. The number of aryl methyl sites for hydroxylation is 1. The molecule has 2 N–H and O–H groups in total. The van der Waals surface area contributed by atoms with Crippen LogP contribution < -0.4 is 10.6 Å². The van der Waals surface area contributed by atoms with Gasteiger partial charge in [0.2, 0.25) is 11.8 Å². The summed E-state index contributed by atoms with van der Waals surface area (Å²) in [7, 11) is 0. The number of carbonyl (C=O) groups excluding carboxylic acids is 2. The number of hydrogen-bond acceptors (Lipinski definition) is 2. The average Bonchev–Trinajstić information content (AvgIpc) is 3.33. The Balaban J connectivity index is 1.71. The standard InChI is InChI=1S/C18H16F2N2O2/c1-11-3-2-4-12(9-11)21-16(23)18(7-8-18)17(24)22-13-5-6-14(19)15(20)10-13/h2-6,9-10H,7-8H2,1H3,(H,21,23)(H,22,24). The Morgan fingerprint density at radius 2 is 1.54 bits per heavy atom. The maximum atomic E-state index is 13.2. The van der Waals surface area contributed by atoms with E-state index in [4.69, 9.17) is 0 Å². The Hall–Kier alpha value is -2.76. The van der Waals surface area contributed by atoms with Gasteiger partial charge in [0.15, 0.2) is 11.6 Å². The molecule has 2 amide bonds. The molecule has 1 fully saturated rings. The average molecular weight is 330 g/mol. The number of nitrogens with one attached hydrogen (secondary N) is 2. The van der Waals surface area contributed by atoms with Gasteiger partial charge in [0.05, 0.1) is 0 Å². The van der Waals surface area contributed by atoms with Crippen LogP contribution in [0.3, 0.4) is 0 Å². The van der Waals surface area contributed by atoms with E-state index in [1.807, 2.05) is 19.1 Å². The molecule has 0 bridgehead atoms. The normalized spacial score (nSPS) is 14.8. The van der Waals surface area contributed by atoms with Gasteiger partial charge >= 0.3 is 0 Å². The van der Waals surface area contributed by atoms with Crippen molar-refractivity contribution >= 4 is 23.2 Å². The van der Waals surface area contributed by atoms with E-state index in [9.17, 15) is 18.4 Å². The topological polar surface area (TPSA) is 58.2 Å². The summed E-state index contributed by atoms with van der Waals surface area (Å²) >= 11 is 0. The highest BCUT2D eigenvalue weighted by atomic mass is 19.2. The molecule has 0 atom stereocenters. The minimum absolute atomic E-state index is 0.119. The fraction of sp³-hybridized carbons (Fsp3) is 0.222. The van der Waals surface area contributed by atoms with Gasteiger partial charge in [0.25, 0.3) is 0 Å². The van der Waals surface area contributed by atoms with Crippen molar-refractivity contribution in [1.82, 2.24) is 0 Å². The zero-order valence-electron chi connectivity index (χ0n) is 13.0. The van der Waals surface area contributed by atoms with Crippen LogP contribution in [0.2, 0.25) is 0 Å². The lowest BCUT2D eigenvalue weighted by Crippen LogP contribution is -2.35. The summed E-state index contributed by atoms with van der Waals surface area (Å²) in [5.41, 5.74) is 0.568. The van der Waals surface area contributed by atoms with Crippen LogP contribution >= 0.6 is 0 Å². The molecular formula is C18H16F2N2O2. The van der Waals surface area contributed by atoms with Crippen LogP contribution in [-0.4, -0.2) is 11.8 Å². The van der Waals surface area contributed by atoms with Crippen molar-refractivity contribution in [3.05, 3.63) is 59.7 Å². The van der Waals surface area contributed by atoms with Crippen molar-refractivity contribution in [3.8, 4) is 0 Å². The Labute approximate surface area is 137 Å². The number of benzene rings is 2. The van der Waals surface area contributed by atoms with Crippen LogP contribution in [0.5, 0.6) is 0 Å². The first-order valence-electron chi connectivity index (χ1n) is 7.55. The highest BCUT2D eigenvalue weighted by molar-refractivity contribution is 6.16. The molecule has 4 nitrogen and oxygen atoms in total. The molecule has 24 heavy (non-hydrogen) atoms. The van der Waals surface area contributed by atoms with E-state index in [0.717, 1.165) is 17.7 Å². The molecule has 2 aromatic carbocycles. The summed E-state index contributed by atoms with van der Waals surface area (Å²) in [4.78, 5) is 24.9. The highest BCUT2D eigenvalue weighted by Crippen LogP contribution is 2.47. The molecule has 6 heteroatoms. The summed E-state index contributed by atoms with van der Waals surface area (Å²) in [6.07, 6.45) is 0.834. The van der Waals surface area contributed by atoms with Gasteiger partial charge in [-0.3, -0.25) is 9.59 Å². The van der Waals surface area contributed by atoms with Crippen LogP contribution in [0.4, 0.5) is 20.2 Å². The molecule has 1 aliphatic carbocycles. The van der Waals surface area contributed by atoms with Crippen molar-refractivity contribution in [2.75, 3.05) is 10.6 Å². The fourth-order valence-electron chi connectivity index (χ4n) is 2.48. The maximum absolute atomic E-state index is 13.2. The van der Waals surface area contributed by atoms with Crippen molar-refractivity contribution in [1.29, 1.82) is 0 Å².